The fourth-order valence-corrected chi connectivity index (χ4v) is 3.82. The van der Waals surface area contributed by atoms with Gasteiger partial charge in [-0.15, -0.1) is 0 Å². The van der Waals surface area contributed by atoms with E-state index >= 15 is 0 Å². The van der Waals surface area contributed by atoms with Gasteiger partial charge in [-0.25, -0.2) is 13.4 Å². The van der Waals surface area contributed by atoms with Gasteiger partial charge in [-0.1, -0.05) is 29.8 Å². The minimum absolute atomic E-state index is 0.0425. The molecule has 0 amide bonds. The van der Waals surface area contributed by atoms with Gasteiger partial charge in [0, 0.05) is 23.2 Å². The molecule has 3 aromatic rings. The van der Waals surface area contributed by atoms with E-state index in [0.717, 1.165) is 0 Å². The Bertz CT molecular complexity index is 1080. The van der Waals surface area contributed by atoms with Crippen LogP contribution in [0.5, 0.6) is 0 Å². The molecule has 0 saturated carbocycles. The van der Waals surface area contributed by atoms with Gasteiger partial charge in [-0.3, -0.25) is 4.79 Å². The lowest BCUT2D eigenvalue weighted by Crippen LogP contribution is -2.26. The van der Waals surface area contributed by atoms with E-state index in [9.17, 15) is 13.2 Å². The van der Waals surface area contributed by atoms with Gasteiger partial charge in [0.15, 0.2) is 5.78 Å². The van der Waals surface area contributed by atoms with E-state index in [1.165, 1.54) is 48.8 Å². The van der Waals surface area contributed by atoms with Crippen LogP contribution in [-0.4, -0.2) is 30.5 Å². The summed E-state index contributed by atoms with van der Waals surface area (Å²) in [6.07, 6.45) is 1.42. The maximum absolute atomic E-state index is 12.7. The summed E-state index contributed by atoms with van der Waals surface area (Å²) in [5, 5.41) is 0.556. The third-order valence-corrected chi connectivity index (χ3v) is 6.03. The van der Waals surface area contributed by atoms with E-state index in [1.54, 1.807) is 24.3 Å². The average Bonchev–Trinajstić information content (AvgIpc) is 3.10. The van der Waals surface area contributed by atoms with Crippen LogP contribution in [0.3, 0.4) is 0 Å². The van der Waals surface area contributed by atoms with E-state index in [4.69, 9.17) is 16.0 Å². The third kappa shape index (κ3) is 4.27. The first-order valence-electron chi connectivity index (χ1n) is 8.05. The van der Waals surface area contributed by atoms with Crippen LogP contribution in [0.2, 0.25) is 5.02 Å². The third-order valence-electron chi connectivity index (χ3n) is 3.98. The van der Waals surface area contributed by atoms with Crippen LogP contribution in [0.1, 0.15) is 23.0 Å². The van der Waals surface area contributed by atoms with Crippen LogP contribution in [0, 0.1) is 0 Å². The van der Waals surface area contributed by atoms with Gasteiger partial charge < -0.3 is 4.42 Å². The Labute approximate surface area is 162 Å². The number of oxazole rings is 1. The first-order chi connectivity index (χ1) is 12.8. The highest BCUT2D eigenvalue weighted by atomic mass is 35.5. The Kier molecular flexibility index (Phi) is 5.46. The van der Waals surface area contributed by atoms with Crippen LogP contribution in [0.15, 0.2) is 64.1 Å². The van der Waals surface area contributed by atoms with E-state index in [1.807, 2.05) is 0 Å². The molecule has 8 heteroatoms. The first kappa shape index (κ1) is 19.3. The predicted molar refractivity (Wildman–Crippen MR) is 102 cm³/mol. The monoisotopic (exact) mass is 404 g/mol. The number of benzene rings is 2. The Morgan fingerprint density at radius 3 is 2.52 bits per heavy atom. The molecule has 2 aromatic carbocycles. The van der Waals surface area contributed by atoms with E-state index in [-0.39, 0.29) is 17.2 Å². The molecule has 0 unspecified atom stereocenters. The average molecular weight is 405 g/mol. The van der Waals surface area contributed by atoms with Gasteiger partial charge in [0.05, 0.1) is 17.1 Å². The smallest absolute Gasteiger partial charge is 0.243 e. The van der Waals surface area contributed by atoms with Crippen LogP contribution in [0.25, 0.3) is 11.5 Å². The zero-order valence-electron chi connectivity index (χ0n) is 14.7. The van der Waals surface area contributed by atoms with Crippen molar-refractivity contribution in [3.63, 3.8) is 0 Å². The summed E-state index contributed by atoms with van der Waals surface area (Å²) in [4.78, 5) is 15.8. The molecule has 0 aliphatic carbocycles. The molecule has 140 valence electrons. The highest BCUT2D eigenvalue weighted by Crippen LogP contribution is 2.23. The second-order valence-electron chi connectivity index (χ2n) is 6.00. The number of rotatable bonds is 6. The Morgan fingerprint density at radius 2 is 1.89 bits per heavy atom. The number of hydrogen-bond acceptors (Lipinski definition) is 5. The zero-order chi connectivity index (χ0) is 19.6. The minimum atomic E-state index is -3.72. The van der Waals surface area contributed by atoms with Crippen LogP contribution < -0.4 is 0 Å². The van der Waals surface area contributed by atoms with Gasteiger partial charge in [-0.2, -0.15) is 4.31 Å². The summed E-state index contributed by atoms with van der Waals surface area (Å²) >= 11 is 5.97. The molecule has 0 saturated heterocycles. The van der Waals surface area contributed by atoms with E-state index < -0.39 is 10.0 Å². The SMILES string of the molecule is CC(=O)c1ccc(S(=O)(=O)N(C)Cc2coc(-c3cccc(Cl)c3)n2)cc1. The van der Waals surface area contributed by atoms with Crippen molar-refractivity contribution < 1.29 is 17.6 Å². The number of carbonyl (C=O) groups excluding carboxylic acids is 1. The lowest BCUT2D eigenvalue weighted by atomic mass is 10.2. The molecule has 0 bridgehead atoms. The normalized spacial score (nSPS) is 11.7. The topological polar surface area (TPSA) is 80.5 Å². The molecule has 0 spiro atoms. The fraction of sp³-hybridized carbons (Fsp3) is 0.158. The van der Waals surface area contributed by atoms with Crippen LogP contribution in [0.4, 0.5) is 0 Å². The van der Waals surface area contributed by atoms with Crippen molar-refractivity contribution in [1.29, 1.82) is 0 Å². The Hall–Kier alpha value is -2.48. The molecule has 0 radical (unpaired) electrons. The van der Waals surface area contributed by atoms with Crippen molar-refractivity contribution >= 4 is 27.4 Å². The zero-order valence-corrected chi connectivity index (χ0v) is 16.3. The minimum Gasteiger partial charge on any atom is -0.444 e. The summed E-state index contributed by atoms with van der Waals surface area (Å²) in [7, 11) is -2.26. The molecule has 0 aliphatic rings. The number of carbonyl (C=O) groups is 1. The Balaban J connectivity index is 1.78. The molecule has 27 heavy (non-hydrogen) atoms. The maximum Gasteiger partial charge on any atom is 0.243 e. The highest BCUT2D eigenvalue weighted by Gasteiger charge is 2.22. The number of nitrogens with zero attached hydrogens (tertiary/aromatic N) is 2. The number of halogens is 1. The molecule has 0 fully saturated rings. The molecule has 0 N–H and O–H groups in total. The molecule has 3 rings (SSSR count). The van der Waals surface area contributed by atoms with Crippen LogP contribution >= 0.6 is 11.6 Å². The van der Waals surface area contributed by atoms with Crippen molar-refractivity contribution in [3.8, 4) is 11.5 Å². The number of Topliss-reactive ketones (excluding diaryl/α,β-unsaturated/α-hetero) is 1. The quantitative estimate of drug-likeness (QED) is 0.579. The number of sulfonamides is 1. The molecule has 1 heterocycles. The Morgan fingerprint density at radius 1 is 1.19 bits per heavy atom. The molecule has 0 atom stereocenters. The molecule has 0 aliphatic heterocycles. The summed E-state index contributed by atoms with van der Waals surface area (Å²) in [5.74, 6) is 0.243. The van der Waals surface area contributed by atoms with Crippen molar-refractivity contribution in [2.75, 3.05) is 7.05 Å². The first-order valence-corrected chi connectivity index (χ1v) is 9.87. The lowest BCUT2D eigenvalue weighted by molar-refractivity contribution is 0.101. The van der Waals surface area contributed by atoms with Crippen molar-refractivity contribution in [2.45, 2.75) is 18.4 Å². The van der Waals surface area contributed by atoms with Crippen LogP contribution in [-0.2, 0) is 16.6 Å². The van der Waals surface area contributed by atoms with Gasteiger partial charge >= 0.3 is 0 Å². The molecular weight excluding hydrogens is 388 g/mol. The number of aromatic nitrogens is 1. The summed E-state index contributed by atoms with van der Waals surface area (Å²) < 4.78 is 32.0. The van der Waals surface area contributed by atoms with Gasteiger partial charge in [0.1, 0.15) is 6.26 Å². The second-order valence-corrected chi connectivity index (χ2v) is 8.48. The van der Waals surface area contributed by atoms with Gasteiger partial charge in [0.25, 0.3) is 0 Å². The van der Waals surface area contributed by atoms with E-state index in [2.05, 4.69) is 4.98 Å². The van der Waals surface area contributed by atoms with Crippen molar-refractivity contribution in [2.24, 2.45) is 0 Å². The van der Waals surface area contributed by atoms with Gasteiger partial charge in [-0.05, 0) is 37.3 Å². The maximum atomic E-state index is 12.7. The van der Waals surface area contributed by atoms with Gasteiger partial charge in [0.2, 0.25) is 15.9 Å². The van der Waals surface area contributed by atoms with Crippen molar-refractivity contribution in [1.82, 2.24) is 9.29 Å². The summed E-state index contributed by atoms with van der Waals surface area (Å²) in [6, 6.07) is 12.9. The molecule has 1 aromatic heterocycles. The number of hydrogen-bond donors (Lipinski definition) is 0. The van der Waals surface area contributed by atoms with E-state index in [0.29, 0.717) is 27.7 Å². The standard InChI is InChI=1S/C19H17ClN2O4S/c1-13(23)14-6-8-18(9-7-14)27(24,25)22(2)11-17-12-26-19(21-17)15-4-3-5-16(20)10-15/h3-10,12H,11H2,1-2H3. The number of ketones is 1. The largest absolute Gasteiger partial charge is 0.444 e. The molecular formula is C19H17ClN2O4S. The predicted octanol–water partition coefficient (Wildman–Crippen LogP) is 4.02. The summed E-state index contributed by atoms with van der Waals surface area (Å²) in [5.41, 5.74) is 1.63. The lowest BCUT2D eigenvalue weighted by Gasteiger charge is -2.15. The molecule has 6 nitrogen and oxygen atoms in total. The van der Waals surface area contributed by atoms with Crippen molar-refractivity contribution in [3.05, 3.63) is 71.1 Å². The summed E-state index contributed by atoms with van der Waals surface area (Å²) in [6.45, 7) is 1.47. The fourth-order valence-electron chi connectivity index (χ4n) is 2.49. The highest BCUT2D eigenvalue weighted by molar-refractivity contribution is 7.89. The second kappa shape index (κ2) is 7.64.